The average Bonchev–Trinajstić information content (AvgIpc) is 2.73. The molecule has 0 atom stereocenters. The minimum atomic E-state index is 0.639. The van der Waals surface area contributed by atoms with Crippen molar-refractivity contribution in [2.45, 2.75) is 13.0 Å². The number of hydrogen-bond acceptors (Lipinski definition) is 3. The molecule has 0 bridgehead atoms. The molecular formula is C13H14N2O2. The minimum absolute atomic E-state index is 0.639. The fourth-order valence-electron chi connectivity index (χ4n) is 2.71. The highest BCUT2D eigenvalue weighted by molar-refractivity contribution is 5.88. The van der Waals surface area contributed by atoms with Gasteiger partial charge in [-0.15, -0.1) is 0 Å². The van der Waals surface area contributed by atoms with Gasteiger partial charge in [-0.25, -0.2) is 0 Å². The molecule has 88 valence electrons. The summed E-state index contributed by atoms with van der Waals surface area (Å²) < 4.78 is 11.2. The van der Waals surface area contributed by atoms with Crippen LogP contribution >= 0.6 is 0 Å². The van der Waals surface area contributed by atoms with Gasteiger partial charge >= 0.3 is 0 Å². The highest BCUT2D eigenvalue weighted by Crippen LogP contribution is 2.37. The molecule has 4 nitrogen and oxygen atoms in total. The molecule has 0 unspecified atom stereocenters. The molecule has 2 aromatic rings. The Morgan fingerprint density at radius 3 is 2.76 bits per heavy atom. The second kappa shape index (κ2) is 3.40. The molecule has 3 heterocycles. The monoisotopic (exact) mass is 230 g/mol. The van der Waals surface area contributed by atoms with Crippen LogP contribution in [0, 0.1) is 0 Å². The molecule has 0 saturated heterocycles. The van der Waals surface area contributed by atoms with Crippen molar-refractivity contribution in [1.29, 1.82) is 0 Å². The molecule has 2 N–H and O–H groups in total. The fraction of sp³-hybridized carbons (Fsp3) is 0.385. The van der Waals surface area contributed by atoms with E-state index in [1.165, 1.54) is 16.6 Å². The maximum atomic E-state index is 5.64. The summed E-state index contributed by atoms with van der Waals surface area (Å²) in [5, 5.41) is 4.66. The predicted octanol–water partition coefficient (Wildman–Crippen LogP) is 1.58. The van der Waals surface area contributed by atoms with Gasteiger partial charge in [0.05, 0.1) is 0 Å². The zero-order valence-electron chi connectivity index (χ0n) is 9.51. The van der Waals surface area contributed by atoms with E-state index in [0.717, 1.165) is 36.5 Å². The van der Waals surface area contributed by atoms with E-state index >= 15 is 0 Å². The molecule has 0 spiro atoms. The first-order chi connectivity index (χ1) is 8.42. The van der Waals surface area contributed by atoms with Crippen LogP contribution in [0.5, 0.6) is 11.5 Å². The van der Waals surface area contributed by atoms with E-state index in [2.05, 4.69) is 22.4 Å². The summed E-state index contributed by atoms with van der Waals surface area (Å²) in [6, 6.07) is 4.17. The maximum Gasteiger partial charge on any atom is 0.163 e. The van der Waals surface area contributed by atoms with Gasteiger partial charge in [-0.3, -0.25) is 0 Å². The van der Waals surface area contributed by atoms with Crippen LogP contribution in [-0.4, -0.2) is 24.7 Å². The Morgan fingerprint density at radius 1 is 1.06 bits per heavy atom. The third-order valence-corrected chi connectivity index (χ3v) is 3.51. The molecule has 0 aliphatic carbocycles. The summed E-state index contributed by atoms with van der Waals surface area (Å²) in [4.78, 5) is 3.47. The van der Waals surface area contributed by atoms with Crippen molar-refractivity contribution in [1.82, 2.24) is 10.3 Å². The number of nitrogens with one attached hydrogen (secondary N) is 2. The minimum Gasteiger partial charge on any atom is -0.486 e. The van der Waals surface area contributed by atoms with Crippen molar-refractivity contribution in [2.75, 3.05) is 19.8 Å². The predicted molar refractivity (Wildman–Crippen MR) is 64.7 cm³/mol. The molecule has 2 aliphatic heterocycles. The number of hydrogen-bond donors (Lipinski definition) is 2. The quantitative estimate of drug-likeness (QED) is 0.722. The van der Waals surface area contributed by atoms with Crippen LogP contribution in [-0.2, 0) is 13.0 Å². The van der Waals surface area contributed by atoms with E-state index in [-0.39, 0.29) is 0 Å². The number of H-pyrrole nitrogens is 1. The van der Waals surface area contributed by atoms with E-state index in [1.807, 2.05) is 0 Å². The lowest BCUT2D eigenvalue weighted by Crippen LogP contribution is -2.23. The van der Waals surface area contributed by atoms with Crippen LogP contribution in [0.3, 0.4) is 0 Å². The molecule has 0 fully saturated rings. The Labute approximate surface area is 98.9 Å². The highest BCUT2D eigenvalue weighted by atomic mass is 16.6. The first-order valence-electron chi connectivity index (χ1n) is 6.05. The maximum absolute atomic E-state index is 5.64. The van der Waals surface area contributed by atoms with Gasteiger partial charge in [0, 0.05) is 29.2 Å². The Kier molecular flexibility index (Phi) is 1.87. The molecule has 4 heteroatoms. The van der Waals surface area contributed by atoms with Crippen molar-refractivity contribution in [3.05, 3.63) is 23.4 Å². The number of ether oxygens (including phenoxy) is 2. The van der Waals surface area contributed by atoms with E-state index in [9.17, 15) is 0 Å². The summed E-state index contributed by atoms with van der Waals surface area (Å²) in [6.07, 6.45) is 1.08. The van der Waals surface area contributed by atoms with Gasteiger partial charge in [-0.2, -0.15) is 0 Å². The Hall–Kier alpha value is -1.68. The number of rotatable bonds is 0. The van der Waals surface area contributed by atoms with Gasteiger partial charge in [0.15, 0.2) is 11.5 Å². The fourth-order valence-corrected chi connectivity index (χ4v) is 2.71. The Balaban J connectivity index is 1.97. The molecular weight excluding hydrogens is 216 g/mol. The summed E-state index contributed by atoms with van der Waals surface area (Å²) in [7, 11) is 0. The van der Waals surface area contributed by atoms with Crippen LogP contribution in [0.1, 0.15) is 11.3 Å². The van der Waals surface area contributed by atoms with Gasteiger partial charge in [0.1, 0.15) is 13.2 Å². The molecule has 1 aromatic carbocycles. The van der Waals surface area contributed by atoms with Gasteiger partial charge in [0.2, 0.25) is 0 Å². The smallest absolute Gasteiger partial charge is 0.163 e. The number of benzene rings is 1. The van der Waals surface area contributed by atoms with Crippen molar-refractivity contribution < 1.29 is 9.47 Å². The molecule has 0 radical (unpaired) electrons. The van der Waals surface area contributed by atoms with Gasteiger partial charge in [-0.05, 0) is 24.6 Å². The zero-order chi connectivity index (χ0) is 11.2. The summed E-state index contributed by atoms with van der Waals surface area (Å²) >= 11 is 0. The zero-order valence-corrected chi connectivity index (χ0v) is 9.51. The van der Waals surface area contributed by atoms with Gasteiger partial charge in [0.25, 0.3) is 0 Å². The lowest BCUT2D eigenvalue weighted by molar-refractivity contribution is 0.172. The molecule has 17 heavy (non-hydrogen) atoms. The van der Waals surface area contributed by atoms with Crippen LogP contribution in [0.15, 0.2) is 12.1 Å². The molecule has 1 aromatic heterocycles. The Morgan fingerprint density at radius 2 is 1.88 bits per heavy atom. The third kappa shape index (κ3) is 1.34. The lowest BCUT2D eigenvalue weighted by atomic mass is 10.0. The summed E-state index contributed by atoms with van der Waals surface area (Å²) in [5.41, 5.74) is 3.88. The van der Waals surface area contributed by atoms with Crippen molar-refractivity contribution in [3.8, 4) is 11.5 Å². The van der Waals surface area contributed by atoms with E-state index in [4.69, 9.17) is 9.47 Å². The van der Waals surface area contributed by atoms with Crippen molar-refractivity contribution in [2.24, 2.45) is 0 Å². The van der Waals surface area contributed by atoms with Gasteiger partial charge < -0.3 is 19.8 Å². The molecule has 4 rings (SSSR count). The number of aromatic amines is 1. The van der Waals surface area contributed by atoms with E-state index in [1.54, 1.807) is 0 Å². The van der Waals surface area contributed by atoms with Crippen molar-refractivity contribution >= 4 is 10.9 Å². The van der Waals surface area contributed by atoms with Crippen LogP contribution in [0.2, 0.25) is 0 Å². The summed E-state index contributed by atoms with van der Waals surface area (Å²) in [5.74, 6) is 1.74. The van der Waals surface area contributed by atoms with Crippen LogP contribution in [0.25, 0.3) is 10.9 Å². The second-order valence-electron chi connectivity index (χ2n) is 4.55. The highest BCUT2D eigenvalue weighted by Gasteiger charge is 2.19. The topological polar surface area (TPSA) is 46.3 Å². The standard InChI is InChI=1S/C13H14N2O2/c1-2-14-7-11-8(1)9-5-12-13(6-10(9)15-11)17-4-3-16-12/h5-6,14-15H,1-4,7H2. The van der Waals surface area contributed by atoms with Crippen LogP contribution in [0.4, 0.5) is 0 Å². The van der Waals surface area contributed by atoms with Crippen molar-refractivity contribution in [3.63, 3.8) is 0 Å². The summed E-state index contributed by atoms with van der Waals surface area (Å²) in [6.45, 7) is 3.26. The van der Waals surface area contributed by atoms with Gasteiger partial charge in [-0.1, -0.05) is 0 Å². The lowest BCUT2D eigenvalue weighted by Gasteiger charge is -2.18. The van der Waals surface area contributed by atoms with E-state index in [0.29, 0.717) is 13.2 Å². The third-order valence-electron chi connectivity index (χ3n) is 3.51. The SMILES string of the molecule is c1c2c(cc3c4c([nH]c13)CNCC4)OCCO2. The molecule has 2 aliphatic rings. The Bertz CT molecular complexity index is 587. The number of fused-ring (bicyclic) bond motifs is 4. The number of aromatic nitrogens is 1. The first-order valence-corrected chi connectivity index (χ1v) is 6.05. The van der Waals surface area contributed by atoms with E-state index < -0.39 is 0 Å². The molecule has 0 amide bonds. The van der Waals surface area contributed by atoms with Crippen LogP contribution < -0.4 is 14.8 Å². The second-order valence-corrected chi connectivity index (χ2v) is 4.55. The average molecular weight is 230 g/mol. The normalized spacial score (nSPS) is 18.1. The first kappa shape index (κ1) is 9.36. The molecule has 0 saturated carbocycles. The largest absolute Gasteiger partial charge is 0.486 e.